The summed E-state index contributed by atoms with van der Waals surface area (Å²) >= 11 is 1.77. The Morgan fingerprint density at radius 2 is 2.27 bits per heavy atom. The molecule has 0 unspecified atom stereocenters. The Morgan fingerprint density at radius 3 is 2.82 bits per heavy atom. The van der Waals surface area contributed by atoms with Gasteiger partial charge in [0.25, 0.3) is 0 Å². The fourth-order valence-corrected chi connectivity index (χ4v) is 2.01. The first-order valence-corrected chi connectivity index (χ1v) is 4.68. The van der Waals surface area contributed by atoms with Gasteiger partial charge in [-0.1, -0.05) is 13.0 Å². The predicted octanol–water partition coefficient (Wildman–Crippen LogP) is 3.05. The second kappa shape index (κ2) is 3.67. The maximum atomic E-state index is 4.42. The summed E-state index contributed by atoms with van der Waals surface area (Å²) in [5.74, 6) is 0. The summed E-state index contributed by atoms with van der Waals surface area (Å²) in [7, 11) is 0. The molecule has 0 saturated carbocycles. The van der Waals surface area contributed by atoms with Gasteiger partial charge < -0.3 is 0 Å². The zero-order valence-electron chi connectivity index (χ0n) is 7.22. The molecule has 2 heteroatoms. The lowest BCUT2D eigenvalue weighted by Gasteiger charge is -1.88. The van der Waals surface area contributed by atoms with Gasteiger partial charge in [0.15, 0.2) is 0 Å². The highest BCUT2D eigenvalue weighted by Crippen LogP contribution is 2.19. The fourth-order valence-electron chi connectivity index (χ4n) is 1.02. The van der Waals surface area contributed by atoms with Gasteiger partial charge in [-0.3, -0.25) is 0 Å². The van der Waals surface area contributed by atoms with Crippen LogP contribution in [-0.4, -0.2) is 4.98 Å². The molecule has 0 bridgehead atoms. The molecule has 0 aliphatic heterocycles. The molecule has 0 aromatic carbocycles. The second-order valence-electron chi connectivity index (χ2n) is 2.40. The number of nitrogens with zero attached hydrogens (tertiary/aromatic N) is 1. The number of aryl methyl sites for hydroxylation is 2. The fraction of sp³-hybridized carbons (Fsp3) is 0.444. The minimum absolute atomic E-state index is 1.03. The standard InChI is InChI=1S/C9H13NS/c1-4-6-9-8(5-2)10-7(3)11-9/h4,6H,5H2,1-3H3/b6-4-. The lowest BCUT2D eigenvalue weighted by atomic mass is 10.3. The number of rotatable bonds is 2. The molecule has 0 N–H and O–H groups in total. The first-order chi connectivity index (χ1) is 5.27. The summed E-state index contributed by atoms with van der Waals surface area (Å²) in [5, 5.41) is 1.16. The Hall–Kier alpha value is -0.630. The summed E-state index contributed by atoms with van der Waals surface area (Å²) in [6.07, 6.45) is 5.22. The molecule has 0 saturated heterocycles. The highest BCUT2D eigenvalue weighted by Gasteiger charge is 2.02. The summed E-state index contributed by atoms with van der Waals surface area (Å²) in [6.45, 7) is 6.23. The zero-order valence-corrected chi connectivity index (χ0v) is 8.03. The van der Waals surface area contributed by atoms with E-state index in [2.05, 4.69) is 31.0 Å². The van der Waals surface area contributed by atoms with E-state index in [0.717, 1.165) is 11.4 Å². The summed E-state index contributed by atoms with van der Waals surface area (Å²) < 4.78 is 0. The van der Waals surface area contributed by atoms with Crippen molar-refractivity contribution in [2.75, 3.05) is 0 Å². The quantitative estimate of drug-likeness (QED) is 0.659. The van der Waals surface area contributed by atoms with Gasteiger partial charge in [0.1, 0.15) is 0 Å². The molecule has 1 aromatic heterocycles. The SMILES string of the molecule is C/C=C\c1sc(C)nc1CC. The van der Waals surface area contributed by atoms with Crippen LogP contribution in [0.5, 0.6) is 0 Å². The lowest BCUT2D eigenvalue weighted by molar-refractivity contribution is 1.04. The van der Waals surface area contributed by atoms with Crippen molar-refractivity contribution in [3.05, 3.63) is 21.7 Å². The van der Waals surface area contributed by atoms with E-state index < -0.39 is 0 Å². The third-order valence-corrected chi connectivity index (χ3v) is 2.47. The van der Waals surface area contributed by atoms with E-state index in [9.17, 15) is 0 Å². The van der Waals surface area contributed by atoms with Crippen molar-refractivity contribution in [2.45, 2.75) is 27.2 Å². The van der Waals surface area contributed by atoms with Crippen LogP contribution in [0, 0.1) is 6.92 Å². The number of thiazole rings is 1. The Morgan fingerprint density at radius 1 is 1.55 bits per heavy atom. The number of hydrogen-bond acceptors (Lipinski definition) is 2. The van der Waals surface area contributed by atoms with E-state index in [1.807, 2.05) is 6.92 Å². The molecule has 0 fully saturated rings. The van der Waals surface area contributed by atoms with E-state index in [1.165, 1.54) is 10.6 Å². The third kappa shape index (κ3) is 1.90. The molecule has 11 heavy (non-hydrogen) atoms. The maximum absolute atomic E-state index is 4.42. The monoisotopic (exact) mass is 167 g/mol. The van der Waals surface area contributed by atoms with E-state index >= 15 is 0 Å². The third-order valence-electron chi connectivity index (χ3n) is 1.49. The van der Waals surface area contributed by atoms with Crippen molar-refractivity contribution in [3.8, 4) is 0 Å². The van der Waals surface area contributed by atoms with E-state index in [1.54, 1.807) is 11.3 Å². The Balaban J connectivity index is 3.01. The molecular formula is C9H13NS. The maximum Gasteiger partial charge on any atom is 0.0903 e. The van der Waals surface area contributed by atoms with Gasteiger partial charge in [-0.25, -0.2) is 4.98 Å². The molecule has 0 amide bonds. The molecule has 0 aliphatic carbocycles. The normalized spacial score (nSPS) is 11.2. The molecule has 0 radical (unpaired) electrons. The van der Waals surface area contributed by atoms with Gasteiger partial charge in [0.2, 0.25) is 0 Å². The van der Waals surface area contributed by atoms with E-state index in [4.69, 9.17) is 0 Å². The van der Waals surface area contributed by atoms with E-state index in [0.29, 0.717) is 0 Å². The average Bonchev–Trinajstić information content (AvgIpc) is 2.32. The van der Waals surface area contributed by atoms with E-state index in [-0.39, 0.29) is 0 Å². The minimum atomic E-state index is 1.03. The predicted molar refractivity (Wildman–Crippen MR) is 50.9 cm³/mol. The van der Waals surface area contributed by atoms with Crippen molar-refractivity contribution in [1.82, 2.24) is 4.98 Å². The van der Waals surface area contributed by atoms with Crippen molar-refractivity contribution in [2.24, 2.45) is 0 Å². The van der Waals surface area contributed by atoms with Gasteiger partial charge >= 0.3 is 0 Å². The molecule has 1 rings (SSSR count). The van der Waals surface area contributed by atoms with Crippen LogP contribution in [-0.2, 0) is 6.42 Å². The highest BCUT2D eigenvalue weighted by atomic mass is 32.1. The van der Waals surface area contributed by atoms with Crippen LogP contribution in [0.1, 0.15) is 29.4 Å². The second-order valence-corrected chi connectivity index (χ2v) is 3.63. The minimum Gasteiger partial charge on any atom is -0.246 e. The smallest absolute Gasteiger partial charge is 0.0903 e. The summed E-state index contributed by atoms with van der Waals surface area (Å²) in [5.41, 5.74) is 1.23. The molecule has 1 heterocycles. The molecule has 0 aliphatic rings. The number of allylic oxidation sites excluding steroid dienone is 1. The average molecular weight is 167 g/mol. The van der Waals surface area contributed by atoms with Gasteiger partial charge in [-0.2, -0.15) is 0 Å². The summed E-state index contributed by atoms with van der Waals surface area (Å²) in [6, 6.07) is 0. The lowest BCUT2D eigenvalue weighted by Crippen LogP contribution is -1.81. The molecule has 1 nitrogen and oxygen atoms in total. The van der Waals surface area contributed by atoms with Crippen LogP contribution in [0.3, 0.4) is 0 Å². The van der Waals surface area contributed by atoms with Gasteiger partial charge in [0, 0.05) is 0 Å². The van der Waals surface area contributed by atoms with Crippen LogP contribution in [0.4, 0.5) is 0 Å². The van der Waals surface area contributed by atoms with Crippen molar-refractivity contribution >= 4 is 17.4 Å². The van der Waals surface area contributed by atoms with Gasteiger partial charge in [-0.05, 0) is 26.3 Å². The first kappa shape index (κ1) is 8.47. The van der Waals surface area contributed by atoms with Crippen LogP contribution in [0.25, 0.3) is 6.08 Å². The Kier molecular flexibility index (Phi) is 2.83. The number of aromatic nitrogens is 1. The molecule has 1 aromatic rings. The molecular weight excluding hydrogens is 154 g/mol. The molecule has 0 atom stereocenters. The topological polar surface area (TPSA) is 12.9 Å². The number of hydrogen-bond donors (Lipinski definition) is 0. The van der Waals surface area contributed by atoms with Crippen LogP contribution in [0.2, 0.25) is 0 Å². The van der Waals surface area contributed by atoms with Crippen LogP contribution >= 0.6 is 11.3 Å². The molecule has 60 valence electrons. The Labute approximate surface area is 71.8 Å². The largest absolute Gasteiger partial charge is 0.246 e. The molecule has 0 spiro atoms. The van der Waals surface area contributed by atoms with Crippen LogP contribution in [0.15, 0.2) is 6.08 Å². The van der Waals surface area contributed by atoms with Gasteiger partial charge in [-0.15, -0.1) is 11.3 Å². The highest BCUT2D eigenvalue weighted by molar-refractivity contribution is 7.12. The Bertz CT molecular complexity index is 261. The zero-order chi connectivity index (χ0) is 8.27. The summed E-state index contributed by atoms with van der Waals surface area (Å²) in [4.78, 5) is 5.73. The van der Waals surface area contributed by atoms with Crippen molar-refractivity contribution in [3.63, 3.8) is 0 Å². The van der Waals surface area contributed by atoms with Crippen molar-refractivity contribution in [1.29, 1.82) is 0 Å². The first-order valence-electron chi connectivity index (χ1n) is 3.87. The van der Waals surface area contributed by atoms with Crippen molar-refractivity contribution < 1.29 is 0 Å². The van der Waals surface area contributed by atoms with Crippen LogP contribution < -0.4 is 0 Å². The van der Waals surface area contributed by atoms with Gasteiger partial charge in [0.05, 0.1) is 15.6 Å².